The summed E-state index contributed by atoms with van der Waals surface area (Å²) in [5, 5.41) is 0. The Labute approximate surface area is 161 Å². The molecule has 1 aliphatic heterocycles. The van der Waals surface area contributed by atoms with Crippen LogP contribution >= 0.6 is 0 Å². The van der Waals surface area contributed by atoms with Crippen molar-refractivity contribution in [2.24, 2.45) is 11.8 Å². The Morgan fingerprint density at radius 2 is 2.00 bits per heavy atom. The van der Waals surface area contributed by atoms with Gasteiger partial charge in [0.05, 0.1) is 18.7 Å². The van der Waals surface area contributed by atoms with Gasteiger partial charge in [-0.1, -0.05) is 0 Å². The average Bonchev–Trinajstić information content (AvgIpc) is 2.67. The Kier molecular flexibility index (Phi) is 6.40. The number of nitrogens with zero attached hydrogens (tertiary/aromatic N) is 4. The number of carbonyl (C=O) groups excluding carboxylic acids is 1. The predicted octanol–water partition coefficient (Wildman–Crippen LogP) is 2.39. The number of ether oxygens (including phenoxy) is 1. The first-order valence-electron chi connectivity index (χ1n) is 9.39. The molecule has 2 atom stereocenters. The molecule has 1 fully saturated rings. The number of aryl methyl sites for hydroxylation is 1. The standard InChI is InChI=1S/C21H28N4O2/c1-16-4-5-20(11-23-16)27-15-18-10-19(21(26)24(2)3)14-25(13-18)12-17-6-8-22-9-7-17/h4-9,11,18-19H,10,12-15H2,1-3H3/t18-,19+/m0/s1. The molecule has 0 aliphatic carbocycles. The van der Waals surface area contributed by atoms with Crippen molar-refractivity contribution in [3.63, 3.8) is 0 Å². The summed E-state index contributed by atoms with van der Waals surface area (Å²) in [6, 6.07) is 7.95. The maximum atomic E-state index is 12.6. The van der Waals surface area contributed by atoms with Crippen molar-refractivity contribution in [1.29, 1.82) is 0 Å². The maximum absolute atomic E-state index is 12.6. The number of hydrogen-bond acceptors (Lipinski definition) is 5. The zero-order valence-electron chi connectivity index (χ0n) is 16.3. The fraction of sp³-hybridized carbons (Fsp3) is 0.476. The average molecular weight is 368 g/mol. The van der Waals surface area contributed by atoms with Gasteiger partial charge in [0, 0.05) is 57.7 Å². The van der Waals surface area contributed by atoms with Gasteiger partial charge in [-0.25, -0.2) is 0 Å². The lowest BCUT2D eigenvalue weighted by molar-refractivity contribution is -0.135. The van der Waals surface area contributed by atoms with Gasteiger partial charge in [0.25, 0.3) is 0 Å². The molecule has 27 heavy (non-hydrogen) atoms. The third-order valence-electron chi connectivity index (χ3n) is 4.93. The number of likely N-dealkylation sites (tertiary alicyclic amines) is 1. The number of carbonyl (C=O) groups is 1. The number of amides is 1. The molecule has 0 radical (unpaired) electrons. The highest BCUT2D eigenvalue weighted by Gasteiger charge is 2.32. The van der Waals surface area contributed by atoms with Gasteiger partial charge < -0.3 is 9.64 Å². The van der Waals surface area contributed by atoms with Gasteiger partial charge in [0.1, 0.15) is 5.75 Å². The van der Waals surface area contributed by atoms with E-state index in [0.29, 0.717) is 12.5 Å². The summed E-state index contributed by atoms with van der Waals surface area (Å²) >= 11 is 0. The minimum absolute atomic E-state index is 0.000306. The number of pyridine rings is 2. The van der Waals surface area contributed by atoms with Crippen LogP contribution in [0.15, 0.2) is 42.9 Å². The first-order valence-corrected chi connectivity index (χ1v) is 9.39. The Bertz CT molecular complexity index is 734. The molecule has 2 aromatic rings. The van der Waals surface area contributed by atoms with E-state index in [-0.39, 0.29) is 11.8 Å². The van der Waals surface area contributed by atoms with E-state index in [0.717, 1.165) is 37.5 Å². The molecular weight excluding hydrogens is 340 g/mol. The van der Waals surface area contributed by atoms with Gasteiger partial charge >= 0.3 is 0 Å². The van der Waals surface area contributed by atoms with E-state index in [1.165, 1.54) is 5.56 Å². The lowest BCUT2D eigenvalue weighted by Crippen LogP contribution is -2.47. The minimum atomic E-state index is 0.000306. The van der Waals surface area contributed by atoms with Crippen molar-refractivity contribution in [2.45, 2.75) is 19.9 Å². The summed E-state index contributed by atoms with van der Waals surface area (Å²) in [7, 11) is 3.65. The van der Waals surface area contributed by atoms with E-state index in [1.54, 1.807) is 11.1 Å². The summed E-state index contributed by atoms with van der Waals surface area (Å²) in [6.07, 6.45) is 6.23. The first kappa shape index (κ1) is 19.3. The molecule has 0 aromatic carbocycles. The minimum Gasteiger partial charge on any atom is -0.492 e. The number of piperidine rings is 1. The SMILES string of the molecule is Cc1ccc(OC[C@H]2C[C@@H](C(=O)N(C)C)CN(Cc3ccncc3)C2)cn1. The van der Waals surface area contributed by atoms with Crippen molar-refractivity contribution in [1.82, 2.24) is 19.8 Å². The molecule has 0 saturated carbocycles. The second-order valence-electron chi connectivity index (χ2n) is 7.53. The summed E-state index contributed by atoms with van der Waals surface area (Å²) < 4.78 is 5.96. The zero-order chi connectivity index (χ0) is 19.2. The summed E-state index contributed by atoms with van der Waals surface area (Å²) in [5.74, 6) is 1.27. The van der Waals surface area contributed by atoms with Crippen LogP contribution in [-0.4, -0.2) is 59.5 Å². The number of hydrogen-bond donors (Lipinski definition) is 0. The molecular formula is C21H28N4O2. The van der Waals surface area contributed by atoms with Crippen molar-refractivity contribution < 1.29 is 9.53 Å². The molecule has 0 bridgehead atoms. The van der Waals surface area contributed by atoms with Crippen LogP contribution in [0.5, 0.6) is 5.75 Å². The quantitative estimate of drug-likeness (QED) is 0.784. The monoisotopic (exact) mass is 368 g/mol. The summed E-state index contributed by atoms with van der Waals surface area (Å²) in [6.45, 7) is 5.07. The topological polar surface area (TPSA) is 58.6 Å². The first-order chi connectivity index (χ1) is 13.0. The lowest BCUT2D eigenvalue weighted by atomic mass is 9.88. The van der Waals surface area contributed by atoms with Crippen LogP contribution in [0, 0.1) is 18.8 Å². The predicted molar refractivity (Wildman–Crippen MR) is 104 cm³/mol. The van der Waals surface area contributed by atoms with Gasteiger partial charge in [-0.05, 0) is 43.2 Å². The molecule has 1 saturated heterocycles. The molecule has 0 unspecified atom stereocenters. The van der Waals surface area contributed by atoms with Crippen molar-refractivity contribution in [3.8, 4) is 5.75 Å². The van der Waals surface area contributed by atoms with Crippen LogP contribution in [0.25, 0.3) is 0 Å². The fourth-order valence-corrected chi connectivity index (χ4v) is 3.60. The molecule has 0 N–H and O–H groups in total. The van der Waals surface area contributed by atoms with E-state index < -0.39 is 0 Å². The van der Waals surface area contributed by atoms with Crippen LogP contribution in [0.1, 0.15) is 17.7 Å². The van der Waals surface area contributed by atoms with Crippen LogP contribution < -0.4 is 4.74 Å². The summed E-state index contributed by atoms with van der Waals surface area (Å²) in [5.41, 5.74) is 2.19. The summed E-state index contributed by atoms with van der Waals surface area (Å²) in [4.78, 5) is 25.0. The third-order valence-corrected chi connectivity index (χ3v) is 4.93. The highest BCUT2D eigenvalue weighted by atomic mass is 16.5. The molecule has 3 rings (SSSR count). The molecule has 1 aliphatic rings. The number of aromatic nitrogens is 2. The molecule has 144 valence electrons. The fourth-order valence-electron chi connectivity index (χ4n) is 3.60. The van der Waals surface area contributed by atoms with E-state index in [4.69, 9.17) is 4.74 Å². The van der Waals surface area contributed by atoms with E-state index in [9.17, 15) is 4.79 Å². The van der Waals surface area contributed by atoms with E-state index >= 15 is 0 Å². The molecule has 0 spiro atoms. The van der Waals surface area contributed by atoms with Crippen LogP contribution in [-0.2, 0) is 11.3 Å². The smallest absolute Gasteiger partial charge is 0.226 e. The Hall–Kier alpha value is -2.47. The van der Waals surface area contributed by atoms with Crippen LogP contribution in [0.4, 0.5) is 0 Å². The second kappa shape index (κ2) is 8.95. The lowest BCUT2D eigenvalue weighted by Gasteiger charge is -2.38. The highest BCUT2D eigenvalue weighted by Crippen LogP contribution is 2.25. The molecule has 2 aromatic heterocycles. The molecule has 6 heteroatoms. The maximum Gasteiger partial charge on any atom is 0.226 e. The Morgan fingerprint density at radius 1 is 1.22 bits per heavy atom. The van der Waals surface area contributed by atoms with Crippen molar-refractivity contribution in [3.05, 3.63) is 54.1 Å². The molecule has 3 heterocycles. The van der Waals surface area contributed by atoms with Gasteiger partial charge in [-0.15, -0.1) is 0 Å². The Balaban J connectivity index is 1.65. The van der Waals surface area contributed by atoms with E-state index in [1.807, 2.05) is 57.7 Å². The number of rotatable bonds is 6. The van der Waals surface area contributed by atoms with Gasteiger partial charge in [0.2, 0.25) is 5.91 Å². The second-order valence-corrected chi connectivity index (χ2v) is 7.53. The van der Waals surface area contributed by atoms with Crippen molar-refractivity contribution >= 4 is 5.91 Å². The van der Waals surface area contributed by atoms with Crippen molar-refractivity contribution in [2.75, 3.05) is 33.8 Å². The molecule has 6 nitrogen and oxygen atoms in total. The normalized spacial score (nSPS) is 20.3. The van der Waals surface area contributed by atoms with Gasteiger partial charge in [-0.2, -0.15) is 0 Å². The largest absolute Gasteiger partial charge is 0.492 e. The van der Waals surface area contributed by atoms with Gasteiger partial charge in [0.15, 0.2) is 0 Å². The Morgan fingerprint density at radius 3 is 2.67 bits per heavy atom. The van der Waals surface area contributed by atoms with Crippen LogP contribution in [0.3, 0.4) is 0 Å². The van der Waals surface area contributed by atoms with Gasteiger partial charge in [-0.3, -0.25) is 19.7 Å². The third kappa shape index (κ3) is 5.50. The van der Waals surface area contributed by atoms with Crippen LogP contribution in [0.2, 0.25) is 0 Å². The zero-order valence-corrected chi connectivity index (χ0v) is 16.3. The highest BCUT2D eigenvalue weighted by molar-refractivity contribution is 5.78. The molecule has 1 amide bonds. The van der Waals surface area contributed by atoms with E-state index in [2.05, 4.69) is 14.9 Å².